The van der Waals surface area contributed by atoms with Crippen LogP contribution in [-0.2, 0) is 13.0 Å². The molecule has 0 amide bonds. The van der Waals surface area contributed by atoms with Crippen molar-refractivity contribution in [3.63, 3.8) is 0 Å². The maximum Gasteiger partial charge on any atom is 0.160 e. The average molecular weight is 490 g/mol. The fraction of sp³-hybridized carbons (Fsp3) is 0.480. The molecule has 0 aliphatic carbocycles. The van der Waals surface area contributed by atoms with Crippen molar-refractivity contribution in [2.24, 2.45) is 4.99 Å². The van der Waals surface area contributed by atoms with Crippen molar-refractivity contribution in [3.8, 4) is 5.00 Å². The van der Waals surface area contributed by atoms with E-state index in [4.69, 9.17) is 28.2 Å². The van der Waals surface area contributed by atoms with Crippen LogP contribution < -0.4 is 0 Å². The molecule has 7 heteroatoms. The third-order valence-electron chi connectivity index (χ3n) is 5.96. The van der Waals surface area contributed by atoms with E-state index in [1.165, 1.54) is 56.2 Å². The van der Waals surface area contributed by atoms with Gasteiger partial charge in [0.15, 0.2) is 5.82 Å². The second-order valence-corrected chi connectivity index (χ2v) is 10.4. The molecule has 4 nitrogen and oxygen atoms in total. The standard InChI is InChI=1S/C25H30Cl2N4S/c1-3-4-5-6-7-8-9-10-11-19-15-20-24(18-12-13-21(26)22(27)14-18)28-16-23-30-29-17(2)31(23)25(20)32-19/h12-15H,3-11,16H2,1-2H3. The number of aromatic nitrogens is 3. The Labute approximate surface area is 204 Å². The summed E-state index contributed by atoms with van der Waals surface area (Å²) in [6, 6.07) is 8.04. The van der Waals surface area contributed by atoms with Crippen LogP contribution in [0.1, 0.15) is 85.9 Å². The van der Waals surface area contributed by atoms with E-state index in [0.29, 0.717) is 16.6 Å². The fourth-order valence-electron chi connectivity index (χ4n) is 4.22. The lowest BCUT2D eigenvalue weighted by atomic mass is 10.0. The molecular formula is C25H30Cl2N4S. The van der Waals surface area contributed by atoms with Crippen LogP contribution in [0.3, 0.4) is 0 Å². The van der Waals surface area contributed by atoms with Crippen LogP contribution in [0.5, 0.6) is 0 Å². The van der Waals surface area contributed by atoms with Crippen LogP contribution in [0.4, 0.5) is 0 Å². The summed E-state index contributed by atoms with van der Waals surface area (Å²) in [6.07, 6.45) is 11.7. The summed E-state index contributed by atoms with van der Waals surface area (Å²) in [7, 11) is 0. The highest BCUT2D eigenvalue weighted by atomic mass is 35.5. The highest BCUT2D eigenvalue weighted by Gasteiger charge is 2.24. The fourth-order valence-corrected chi connectivity index (χ4v) is 5.79. The van der Waals surface area contributed by atoms with E-state index in [9.17, 15) is 0 Å². The molecule has 170 valence electrons. The number of hydrogen-bond acceptors (Lipinski definition) is 4. The van der Waals surface area contributed by atoms with Gasteiger partial charge < -0.3 is 0 Å². The Hall–Kier alpha value is -1.69. The van der Waals surface area contributed by atoms with E-state index >= 15 is 0 Å². The molecule has 1 aromatic carbocycles. The van der Waals surface area contributed by atoms with Gasteiger partial charge in [-0.2, -0.15) is 0 Å². The van der Waals surface area contributed by atoms with Crippen LogP contribution in [0.15, 0.2) is 29.3 Å². The molecule has 0 fully saturated rings. The van der Waals surface area contributed by atoms with Gasteiger partial charge in [0.25, 0.3) is 0 Å². The van der Waals surface area contributed by atoms with Crippen LogP contribution in [-0.4, -0.2) is 20.5 Å². The summed E-state index contributed by atoms with van der Waals surface area (Å²) >= 11 is 14.3. The van der Waals surface area contributed by atoms with E-state index in [1.807, 2.05) is 36.5 Å². The molecule has 4 rings (SSSR count). The van der Waals surface area contributed by atoms with Crippen LogP contribution in [0, 0.1) is 6.92 Å². The van der Waals surface area contributed by atoms with Gasteiger partial charge in [-0.1, -0.05) is 81.1 Å². The zero-order valence-electron chi connectivity index (χ0n) is 18.8. The summed E-state index contributed by atoms with van der Waals surface area (Å²) in [5.74, 6) is 1.77. The van der Waals surface area contributed by atoms with Gasteiger partial charge in [0.1, 0.15) is 17.4 Å². The minimum absolute atomic E-state index is 0.491. The maximum absolute atomic E-state index is 6.33. The van der Waals surface area contributed by atoms with Gasteiger partial charge in [0, 0.05) is 16.0 Å². The lowest BCUT2D eigenvalue weighted by Gasteiger charge is -2.08. The molecule has 0 unspecified atom stereocenters. The number of nitrogens with zero attached hydrogens (tertiary/aromatic N) is 4. The van der Waals surface area contributed by atoms with Gasteiger partial charge >= 0.3 is 0 Å². The average Bonchev–Trinajstić information content (AvgIpc) is 3.31. The van der Waals surface area contributed by atoms with E-state index in [0.717, 1.165) is 39.9 Å². The molecule has 2 aromatic heterocycles. The predicted molar refractivity (Wildman–Crippen MR) is 136 cm³/mol. The molecule has 0 saturated heterocycles. The number of aliphatic imine (C=N–C) groups is 1. The molecule has 0 bridgehead atoms. The quantitative estimate of drug-likeness (QED) is 0.271. The Morgan fingerprint density at radius 1 is 0.938 bits per heavy atom. The first-order valence-corrected chi connectivity index (χ1v) is 13.2. The maximum atomic E-state index is 6.33. The Balaban J connectivity index is 1.53. The van der Waals surface area contributed by atoms with Crippen LogP contribution in [0.25, 0.3) is 5.00 Å². The molecule has 1 aliphatic heterocycles. The summed E-state index contributed by atoms with van der Waals surface area (Å²) in [4.78, 5) is 6.30. The Morgan fingerprint density at radius 3 is 2.44 bits per heavy atom. The molecule has 32 heavy (non-hydrogen) atoms. The third-order valence-corrected chi connectivity index (χ3v) is 7.88. The van der Waals surface area contributed by atoms with Crippen molar-refractivity contribution in [2.75, 3.05) is 0 Å². The first kappa shape index (κ1) is 23.5. The SMILES string of the molecule is CCCCCCCCCCc1cc2c(s1)-n1c(C)nnc1CN=C2c1ccc(Cl)c(Cl)c1. The Bertz CT molecular complexity index is 1100. The number of thiophene rings is 1. The number of aryl methyl sites for hydroxylation is 2. The molecule has 0 saturated carbocycles. The molecular weight excluding hydrogens is 459 g/mol. The van der Waals surface area contributed by atoms with Crippen molar-refractivity contribution in [1.82, 2.24) is 14.8 Å². The smallest absolute Gasteiger partial charge is 0.160 e. The van der Waals surface area contributed by atoms with Gasteiger partial charge in [-0.05, 0) is 38.0 Å². The number of hydrogen-bond donors (Lipinski definition) is 0. The largest absolute Gasteiger partial charge is 0.276 e. The monoisotopic (exact) mass is 488 g/mol. The van der Waals surface area contributed by atoms with Crippen molar-refractivity contribution in [1.29, 1.82) is 0 Å². The highest BCUT2D eigenvalue weighted by Crippen LogP contribution is 2.35. The van der Waals surface area contributed by atoms with E-state index in [-0.39, 0.29) is 0 Å². The highest BCUT2D eigenvalue weighted by molar-refractivity contribution is 7.15. The first-order chi connectivity index (χ1) is 15.6. The zero-order valence-corrected chi connectivity index (χ0v) is 21.2. The number of benzene rings is 1. The van der Waals surface area contributed by atoms with Gasteiger partial charge in [0.2, 0.25) is 0 Å². The Kier molecular flexibility index (Phi) is 8.03. The van der Waals surface area contributed by atoms with Crippen molar-refractivity contribution in [3.05, 3.63) is 62.0 Å². The van der Waals surface area contributed by atoms with Crippen molar-refractivity contribution >= 4 is 40.3 Å². The van der Waals surface area contributed by atoms with Gasteiger partial charge in [-0.15, -0.1) is 21.5 Å². The number of fused-ring (bicyclic) bond motifs is 3. The minimum Gasteiger partial charge on any atom is -0.276 e. The normalized spacial score (nSPS) is 12.9. The zero-order chi connectivity index (χ0) is 22.5. The lowest BCUT2D eigenvalue weighted by molar-refractivity contribution is 0.576. The summed E-state index contributed by atoms with van der Waals surface area (Å²) < 4.78 is 2.16. The lowest BCUT2D eigenvalue weighted by Crippen LogP contribution is -2.05. The number of unbranched alkanes of at least 4 members (excludes halogenated alkanes) is 7. The summed E-state index contributed by atoms with van der Waals surface area (Å²) in [6.45, 7) is 4.76. The molecule has 0 atom stereocenters. The van der Waals surface area contributed by atoms with Crippen LogP contribution >= 0.6 is 34.5 Å². The topological polar surface area (TPSA) is 43.1 Å². The van der Waals surface area contributed by atoms with Crippen molar-refractivity contribution in [2.45, 2.75) is 78.2 Å². The summed E-state index contributed by atoms with van der Waals surface area (Å²) in [5.41, 5.74) is 3.06. The second-order valence-electron chi connectivity index (χ2n) is 8.45. The molecule has 0 spiro atoms. The molecule has 0 N–H and O–H groups in total. The molecule has 1 aliphatic rings. The molecule has 0 radical (unpaired) electrons. The van der Waals surface area contributed by atoms with Crippen molar-refractivity contribution < 1.29 is 0 Å². The number of halogens is 2. The first-order valence-electron chi connectivity index (χ1n) is 11.6. The molecule has 3 heterocycles. The number of rotatable bonds is 10. The van der Waals surface area contributed by atoms with Gasteiger partial charge in [0.05, 0.1) is 15.8 Å². The van der Waals surface area contributed by atoms with E-state index in [1.54, 1.807) is 0 Å². The second kappa shape index (κ2) is 11.0. The minimum atomic E-state index is 0.491. The van der Waals surface area contributed by atoms with E-state index in [2.05, 4.69) is 27.8 Å². The van der Waals surface area contributed by atoms with Crippen LogP contribution in [0.2, 0.25) is 10.0 Å². The van der Waals surface area contributed by atoms with Gasteiger partial charge in [-0.3, -0.25) is 9.56 Å². The van der Waals surface area contributed by atoms with Gasteiger partial charge in [-0.25, -0.2) is 0 Å². The van der Waals surface area contributed by atoms with E-state index < -0.39 is 0 Å². The molecule has 3 aromatic rings. The Morgan fingerprint density at radius 2 is 1.69 bits per heavy atom. The summed E-state index contributed by atoms with van der Waals surface area (Å²) in [5, 5.41) is 10.9. The third kappa shape index (κ3) is 5.27. The predicted octanol–water partition coefficient (Wildman–Crippen LogP) is 7.98.